The lowest BCUT2D eigenvalue weighted by molar-refractivity contribution is -0.123. The van der Waals surface area contributed by atoms with Crippen molar-refractivity contribution in [3.05, 3.63) is 56.9 Å². The minimum absolute atomic E-state index is 0.0101. The van der Waals surface area contributed by atoms with E-state index in [2.05, 4.69) is 38.4 Å². The van der Waals surface area contributed by atoms with Crippen molar-refractivity contribution < 1.29 is 23.5 Å². The molecule has 7 nitrogen and oxygen atoms in total. The van der Waals surface area contributed by atoms with Crippen molar-refractivity contribution in [2.45, 2.75) is 46.8 Å². The van der Waals surface area contributed by atoms with Crippen molar-refractivity contribution >= 4 is 40.6 Å². The molecule has 2 aromatic carbocycles. The van der Waals surface area contributed by atoms with Crippen LogP contribution < -0.4 is 20.2 Å². The van der Waals surface area contributed by atoms with Gasteiger partial charge in [0.1, 0.15) is 11.9 Å². The van der Waals surface area contributed by atoms with E-state index < -0.39 is 23.7 Å². The molecule has 0 spiro atoms. The van der Waals surface area contributed by atoms with E-state index >= 15 is 0 Å². The van der Waals surface area contributed by atoms with E-state index in [0.29, 0.717) is 23.7 Å². The fourth-order valence-corrected chi connectivity index (χ4v) is 3.67. The zero-order valence-electron chi connectivity index (χ0n) is 19.3. The first-order valence-corrected chi connectivity index (χ1v) is 11.7. The molecule has 2 rings (SSSR count). The number of rotatable bonds is 10. The van der Waals surface area contributed by atoms with Gasteiger partial charge in [0.05, 0.1) is 28.1 Å². The van der Waals surface area contributed by atoms with Gasteiger partial charge in [0.15, 0.2) is 11.5 Å². The normalized spacial score (nSPS) is 12.2. The lowest BCUT2D eigenvalue weighted by Crippen LogP contribution is -2.48. The van der Waals surface area contributed by atoms with E-state index in [1.807, 2.05) is 26.8 Å². The number of carbonyl (C=O) groups is 2. The average Bonchev–Trinajstić information content (AvgIpc) is 2.74. The summed E-state index contributed by atoms with van der Waals surface area (Å²) in [4.78, 5) is 25.1. The van der Waals surface area contributed by atoms with Crippen LogP contribution in [0.15, 0.2) is 41.5 Å². The number of hydrogen-bond donors (Lipinski definition) is 2. The van der Waals surface area contributed by atoms with E-state index in [9.17, 15) is 14.0 Å². The lowest BCUT2D eigenvalue weighted by Gasteiger charge is -2.20. The molecule has 2 N–H and O–H groups in total. The number of benzene rings is 2. The monoisotopic (exact) mass is 569 g/mol. The van der Waals surface area contributed by atoms with Crippen LogP contribution in [-0.2, 0) is 4.79 Å². The zero-order chi connectivity index (χ0) is 24.5. The maximum atomic E-state index is 13.9. The molecular weight excluding hydrogens is 540 g/mol. The van der Waals surface area contributed by atoms with Crippen molar-refractivity contribution in [3.63, 3.8) is 0 Å². The molecule has 0 aliphatic carbocycles. The van der Waals surface area contributed by atoms with E-state index in [0.717, 1.165) is 3.57 Å². The van der Waals surface area contributed by atoms with Crippen LogP contribution in [0, 0.1) is 15.3 Å². The predicted octanol–water partition coefficient (Wildman–Crippen LogP) is 4.52. The van der Waals surface area contributed by atoms with Crippen LogP contribution in [0.1, 0.15) is 50.5 Å². The first kappa shape index (κ1) is 26.6. The smallest absolute Gasteiger partial charge is 0.262 e. The van der Waals surface area contributed by atoms with E-state index in [4.69, 9.17) is 9.47 Å². The van der Waals surface area contributed by atoms with Gasteiger partial charge in [0.25, 0.3) is 11.8 Å². The van der Waals surface area contributed by atoms with Gasteiger partial charge in [-0.25, -0.2) is 9.82 Å². The Morgan fingerprint density at radius 2 is 1.88 bits per heavy atom. The van der Waals surface area contributed by atoms with Crippen molar-refractivity contribution in [2.24, 2.45) is 11.0 Å². The van der Waals surface area contributed by atoms with E-state index in [-0.39, 0.29) is 17.6 Å². The second-order valence-electron chi connectivity index (χ2n) is 7.84. The maximum Gasteiger partial charge on any atom is 0.262 e. The summed E-state index contributed by atoms with van der Waals surface area (Å²) in [7, 11) is 0. The molecule has 0 saturated heterocycles. The Morgan fingerprint density at radius 3 is 2.48 bits per heavy atom. The van der Waals surface area contributed by atoms with Crippen LogP contribution >= 0.6 is 22.6 Å². The van der Waals surface area contributed by atoms with Gasteiger partial charge in [-0.15, -0.1) is 0 Å². The minimum Gasteiger partial charge on any atom is -0.490 e. The van der Waals surface area contributed by atoms with Gasteiger partial charge in [-0.3, -0.25) is 9.59 Å². The Morgan fingerprint density at radius 1 is 1.18 bits per heavy atom. The lowest BCUT2D eigenvalue weighted by atomic mass is 10.0. The fourth-order valence-electron chi connectivity index (χ4n) is 2.91. The molecule has 0 bridgehead atoms. The summed E-state index contributed by atoms with van der Waals surface area (Å²) in [5.74, 6) is -0.824. The summed E-state index contributed by atoms with van der Waals surface area (Å²) in [5, 5.41) is 6.61. The first-order chi connectivity index (χ1) is 15.6. The largest absolute Gasteiger partial charge is 0.490 e. The third-order valence-corrected chi connectivity index (χ3v) is 5.23. The second kappa shape index (κ2) is 12.5. The minimum atomic E-state index is -0.893. The first-order valence-electron chi connectivity index (χ1n) is 10.6. The zero-order valence-corrected chi connectivity index (χ0v) is 21.5. The molecule has 0 radical (unpaired) electrons. The van der Waals surface area contributed by atoms with Crippen LogP contribution in [0.5, 0.6) is 11.5 Å². The Balaban J connectivity index is 2.13. The van der Waals surface area contributed by atoms with Gasteiger partial charge in [-0.05, 0) is 79.1 Å². The standard InChI is InChI=1S/C24H29FIN3O4/c1-6-32-20-12-16(11-19(26)22(20)33-15(4)5)13-27-29-24(31)21(14(2)3)28-23(30)17-9-7-8-10-18(17)25/h7-15,21H,6H2,1-5H3,(H,28,30)(H,29,31). The SMILES string of the molecule is CCOc1cc(C=NNC(=O)C(NC(=O)c2ccccc2F)C(C)C)cc(I)c1OC(C)C. The number of halogens is 2. The summed E-state index contributed by atoms with van der Waals surface area (Å²) < 4.78 is 26.3. The van der Waals surface area contributed by atoms with Crippen molar-refractivity contribution in [1.29, 1.82) is 0 Å². The molecule has 2 aromatic rings. The fraction of sp³-hybridized carbons (Fsp3) is 0.375. The Bertz CT molecular complexity index is 1010. The number of carbonyl (C=O) groups excluding carboxylic acids is 2. The number of nitrogens with one attached hydrogen (secondary N) is 2. The summed E-state index contributed by atoms with van der Waals surface area (Å²) in [6.45, 7) is 9.79. The Labute approximate surface area is 207 Å². The maximum absolute atomic E-state index is 13.9. The summed E-state index contributed by atoms with van der Waals surface area (Å²) in [6.07, 6.45) is 1.47. The predicted molar refractivity (Wildman–Crippen MR) is 134 cm³/mol. The molecule has 0 aliphatic heterocycles. The Hall–Kier alpha value is -2.69. The van der Waals surface area contributed by atoms with Crippen LogP contribution in [0.4, 0.5) is 4.39 Å². The van der Waals surface area contributed by atoms with Crippen LogP contribution in [0.2, 0.25) is 0 Å². The van der Waals surface area contributed by atoms with Crippen LogP contribution in [-0.4, -0.2) is 36.8 Å². The van der Waals surface area contributed by atoms with Crippen molar-refractivity contribution in [2.75, 3.05) is 6.61 Å². The molecule has 178 valence electrons. The number of amides is 2. The van der Waals surface area contributed by atoms with Crippen LogP contribution in [0.3, 0.4) is 0 Å². The average molecular weight is 569 g/mol. The van der Waals surface area contributed by atoms with Gasteiger partial charge >= 0.3 is 0 Å². The molecule has 9 heteroatoms. The third-order valence-electron chi connectivity index (χ3n) is 4.43. The highest BCUT2D eigenvalue weighted by Crippen LogP contribution is 2.34. The molecule has 0 heterocycles. The number of hydrazone groups is 1. The molecule has 2 amide bonds. The molecule has 0 saturated carbocycles. The van der Waals surface area contributed by atoms with Gasteiger partial charge in [0, 0.05) is 0 Å². The third kappa shape index (κ3) is 7.69. The van der Waals surface area contributed by atoms with Gasteiger partial charge < -0.3 is 14.8 Å². The van der Waals surface area contributed by atoms with E-state index in [1.165, 1.54) is 24.4 Å². The van der Waals surface area contributed by atoms with E-state index in [1.54, 1.807) is 26.0 Å². The molecule has 1 atom stereocenters. The van der Waals surface area contributed by atoms with Crippen molar-refractivity contribution in [1.82, 2.24) is 10.7 Å². The molecule has 0 aromatic heterocycles. The van der Waals surface area contributed by atoms with Crippen molar-refractivity contribution in [3.8, 4) is 11.5 Å². The van der Waals surface area contributed by atoms with Gasteiger partial charge in [-0.2, -0.15) is 5.10 Å². The summed E-state index contributed by atoms with van der Waals surface area (Å²) in [5.41, 5.74) is 3.03. The Kier molecular flexibility index (Phi) is 10.1. The van der Waals surface area contributed by atoms with Crippen LogP contribution in [0.25, 0.3) is 0 Å². The summed E-state index contributed by atoms with van der Waals surface area (Å²) >= 11 is 2.16. The number of ether oxygens (including phenoxy) is 2. The highest BCUT2D eigenvalue weighted by Gasteiger charge is 2.25. The molecule has 1 unspecified atom stereocenters. The molecule has 0 aliphatic rings. The molecule has 33 heavy (non-hydrogen) atoms. The highest BCUT2D eigenvalue weighted by atomic mass is 127. The summed E-state index contributed by atoms with van der Waals surface area (Å²) in [6, 6.07) is 8.35. The molecule has 0 fully saturated rings. The van der Waals surface area contributed by atoms with Gasteiger partial charge in [0.2, 0.25) is 0 Å². The molecular formula is C24H29FIN3O4. The van der Waals surface area contributed by atoms with Gasteiger partial charge in [-0.1, -0.05) is 26.0 Å². The quantitative estimate of drug-likeness (QED) is 0.250. The highest BCUT2D eigenvalue weighted by molar-refractivity contribution is 14.1. The number of nitrogens with zero attached hydrogens (tertiary/aromatic N) is 1. The number of hydrogen-bond acceptors (Lipinski definition) is 5. The second-order valence-corrected chi connectivity index (χ2v) is 9.00. The topological polar surface area (TPSA) is 89.0 Å².